The number of hydrazine groups is 1. The second-order valence-electron chi connectivity index (χ2n) is 7.20. The topological polar surface area (TPSA) is 56.0 Å². The zero-order chi connectivity index (χ0) is 17.4. The van der Waals surface area contributed by atoms with Crippen molar-refractivity contribution in [3.8, 4) is 0 Å². The van der Waals surface area contributed by atoms with Gasteiger partial charge in [-0.25, -0.2) is 10.0 Å². The number of halogens is 1. The van der Waals surface area contributed by atoms with Crippen molar-refractivity contribution in [2.75, 3.05) is 16.7 Å². The Morgan fingerprint density at radius 1 is 1.23 bits per heavy atom. The van der Waals surface area contributed by atoms with Gasteiger partial charge in [0.25, 0.3) is 0 Å². The fourth-order valence-corrected chi connectivity index (χ4v) is 4.00. The number of para-hydroxylation sites is 1. The van der Waals surface area contributed by atoms with Crippen LogP contribution in [0.1, 0.15) is 36.7 Å². The van der Waals surface area contributed by atoms with Gasteiger partial charge in [-0.1, -0.05) is 29.6 Å². The summed E-state index contributed by atoms with van der Waals surface area (Å²) in [5, 5.41) is 13.0. The molecule has 1 fully saturated rings. The zero-order valence-electron chi connectivity index (χ0n) is 14.1. The van der Waals surface area contributed by atoms with Gasteiger partial charge >= 0.3 is 0 Å². The number of hydrogen-bond acceptors (Lipinski definition) is 7. The second-order valence-corrected chi connectivity index (χ2v) is 7.20. The summed E-state index contributed by atoms with van der Waals surface area (Å²) in [4.78, 5) is 8.27. The Morgan fingerprint density at radius 3 is 2.92 bits per heavy atom. The molecule has 26 heavy (non-hydrogen) atoms. The van der Waals surface area contributed by atoms with Crippen LogP contribution < -0.4 is 10.0 Å². The van der Waals surface area contributed by atoms with Gasteiger partial charge in [-0.05, 0) is 23.6 Å². The minimum atomic E-state index is -0.243. The lowest BCUT2D eigenvalue weighted by Crippen LogP contribution is -2.51. The lowest BCUT2D eigenvalue weighted by atomic mass is 10.1. The number of nitrogens with zero attached hydrogens (tertiary/aromatic N) is 8. The van der Waals surface area contributed by atoms with Gasteiger partial charge in [0.05, 0.1) is 23.8 Å². The Morgan fingerprint density at radius 2 is 2.08 bits per heavy atom. The molecule has 4 heterocycles. The highest BCUT2D eigenvalue weighted by Gasteiger charge is 2.45. The molecule has 1 aliphatic carbocycles. The number of rotatable bonds is 2. The highest BCUT2D eigenvalue weighted by molar-refractivity contribution is 5.73. The minimum absolute atomic E-state index is 0.158. The van der Waals surface area contributed by atoms with Gasteiger partial charge in [0.1, 0.15) is 13.0 Å². The third kappa shape index (κ3) is 1.80. The number of fused-ring (bicyclic) bond motifs is 6. The largest absolute Gasteiger partial charge is 0.304 e. The molecule has 0 radical (unpaired) electrons. The lowest BCUT2D eigenvalue weighted by molar-refractivity contribution is 0.104. The average Bonchev–Trinajstić information content (AvgIpc) is 3.05. The first-order chi connectivity index (χ1) is 12.7. The molecule has 3 atom stereocenters. The van der Waals surface area contributed by atoms with E-state index < -0.39 is 0 Å². The summed E-state index contributed by atoms with van der Waals surface area (Å²) in [6.07, 6.45) is 6.07. The quantitative estimate of drug-likeness (QED) is 0.772. The van der Waals surface area contributed by atoms with Crippen molar-refractivity contribution in [2.24, 2.45) is 10.9 Å². The van der Waals surface area contributed by atoms with Gasteiger partial charge in [-0.2, -0.15) is 10.2 Å². The SMILES string of the molecule is CC1CC1c1cn(N2C=NC3c4ccccc4N4CN(F)C=C4N32)nn1. The summed E-state index contributed by atoms with van der Waals surface area (Å²) in [5.41, 5.74) is 3.01. The van der Waals surface area contributed by atoms with E-state index in [-0.39, 0.29) is 12.8 Å². The molecule has 1 aromatic heterocycles. The van der Waals surface area contributed by atoms with Gasteiger partial charge in [0.2, 0.25) is 0 Å². The van der Waals surface area contributed by atoms with Crippen LogP contribution in [0, 0.1) is 5.92 Å². The summed E-state index contributed by atoms with van der Waals surface area (Å²) in [6, 6.07) is 7.98. The molecule has 8 nitrogen and oxygen atoms in total. The monoisotopic (exact) mass is 352 g/mol. The van der Waals surface area contributed by atoms with Crippen molar-refractivity contribution >= 4 is 12.0 Å². The molecule has 4 aliphatic rings. The van der Waals surface area contributed by atoms with E-state index in [9.17, 15) is 4.48 Å². The Labute approximate surface area is 149 Å². The molecule has 2 aromatic rings. The first kappa shape index (κ1) is 14.1. The van der Waals surface area contributed by atoms with Crippen LogP contribution in [0.15, 0.2) is 47.5 Å². The van der Waals surface area contributed by atoms with Crippen LogP contribution in [0.5, 0.6) is 0 Å². The molecule has 6 rings (SSSR count). The Hall–Kier alpha value is -3.10. The van der Waals surface area contributed by atoms with Gasteiger partial charge in [0, 0.05) is 11.5 Å². The summed E-state index contributed by atoms with van der Waals surface area (Å²) in [7, 11) is 0. The van der Waals surface area contributed by atoms with E-state index in [1.54, 1.807) is 16.2 Å². The van der Waals surface area contributed by atoms with E-state index in [1.165, 1.54) is 6.20 Å². The molecule has 1 aromatic carbocycles. The first-order valence-corrected chi connectivity index (χ1v) is 8.75. The molecule has 3 aliphatic heterocycles. The van der Waals surface area contributed by atoms with E-state index in [1.807, 2.05) is 40.4 Å². The van der Waals surface area contributed by atoms with Crippen LogP contribution >= 0.6 is 0 Å². The third-order valence-electron chi connectivity index (χ3n) is 5.51. The van der Waals surface area contributed by atoms with Crippen molar-refractivity contribution in [1.29, 1.82) is 0 Å². The molecular formula is C17H17FN8. The molecule has 0 saturated heterocycles. The maximum absolute atomic E-state index is 14.1. The zero-order valence-corrected chi connectivity index (χ0v) is 14.1. The van der Waals surface area contributed by atoms with Crippen LogP contribution in [0.4, 0.5) is 10.2 Å². The number of benzene rings is 1. The number of aliphatic imine (C=N–C) groups is 1. The van der Waals surface area contributed by atoms with Crippen molar-refractivity contribution in [2.45, 2.75) is 25.4 Å². The molecule has 0 bridgehead atoms. The number of hydrogen-bond donors (Lipinski definition) is 0. The van der Waals surface area contributed by atoms with Gasteiger partial charge in [-0.3, -0.25) is 0 Å². The Balaban J connectivity index is 1.42. The predicted molar refractivity (Wildman–Crippen MR) is 92.7 cm³/mol. The first-order valence-electron chi connectivity index (χ1n) is 8.75. The molecule has 9 heteroatoms. The molecule has 0 spiro atoms. The van der Waals surface area contributed by atoms with Crippen LogP contribution in [0.2, 0.25) is 0 Å². The van der Waals surface area contributed by atoms with Crippen molar-refractivity contribution in [1.82, 2.24) is 25.2 Å². The molecule has 132 valence electrons. The minimum Gasteiger partial charge on any atom is -0.304 e. The average molecular weight is 352 g/mol. The molecule has 3 unspecified atom stereocenters. The van der Waals surface area contributed by atoms with E-state index in [4.69, 9.17) is 0 Å². The van der Waals surface area contributed by atoms with Crippen molar-refractivity contribution in [3.05, 3.63) is 53.7 Å². The van der Waals surface area contributed by atoms with Crippen LogP contribution in [-0.4, -0.2) is 38.2 Å². The fraction of sp³-hybridized carbons (Fsp3) is 0.353. The summed E-state index contributed by atoms with van der Waals surface area (Å²) < 4.78 is 14.1. The maximum Gasteiger partial charge on any atom is 0.173 e. The lowest BCUT2D eigenvalue weighted by Gasteiger charge is -2.41. The Kier molecular flexibility index (Phi) is 2.58. The second kappa shape index (κ2) is 4.75. The Bertz CT molecular complexity index is 952. The van der Waals surface area contributed by atoms with Crippen LogP contribution in [0.3, 0.4) is 0 Å². The smallest absolute Gasteiger partial charge is 0.173 e. The van der Waals surface area contributed by atoms with Crippen molar-refractivity contribution in [3.63, 3.8) is 0 Å². The molecule has 0 N–H and O–H groups in total. The number of aromatic nitrogens is 3. The standard InChI is InChI=1S/C17H17FN8/c1-11-6-13(11)14-7-24(21-20-14)25-9-19-17-12-4-2-3-5-15(12)23-10-22(18)8-16(23)26(17)25/h2-5,7-9,11,13,17H,6,10H2,1H3. The maximum atomic E-state index is 14.1. The van der Waals surface area contributed by atoms with E-state index in [0.717, 1.165) is 29.2 Å². The highest BCUT2D eigenvalue weighted by atomic mass is 19.2. The highest BCUT2D eigenvalue weighted by Crippen LogP contribution is 2.47. The van der Waals surface area contributed by atoms with E-state index >= 15 is 0 Å². The van der Waals surface area contributed by atoms with Crippen LogP contribution in [-0.2, 0) is 0 Å². The fourth-order valence-electron chi connectivity index (χ4n) is 4.00. The summed E-state index contributed by atoms with van der Waals surface area (Å²) in [5.74, 6) is 1.88. The molecule has 0 amide bonds. The molecular weight excluding hydrogens is 335 g/mol. The third-order valence-corrected chi connectivity index (χ3v) is 5.51. The predicted octanol–water partition coefficient (Wildman–Crippen LogP) is 2.07. The normalized spacial score (nSPS) is 28.2. The van der Waals surface area contributed by atoms with Gasteiger partial charge in [-0.15, -0.1) is 9.89 Å². The van der Waals surface area contributed by atoms with E-state index in [2.05, 4.69) is 22.2 Å². The van der Waals surface area contributed by atoms with Crippen molar-refractivity contribution < 1.29 is 4.48 Å². The van der Waals surface area contributed by atoms with Crippen LogP contribution in [0.25, 0.3) is 0 Å². The number of anilines is 1. The summed E-state index contributed by atoms with van der Waals surface area (Å²) >= 11 is 0. The van der Waals surface area contributed by atoms with Gasteiger partial charge in [0.15, 0.2) is 12.0 Å². The molecule has 1 saturated carbocycles. The summed E-state index contributed by atoms with van der Waals surface area (Å²) in [6.45, 7) is 2.38. The van der Waals surface area contributed by atoms with Gasteiger partial charge < -0.3 is 4.90 Å². The van der Waals surface area contributed by atoms with E-state index in [0.29, 0.717) is 17.0 Å².